The van der Waals surface area contributed by atoms with Gasteiger partial charge in [0.05, 0.1) is 37.0 Å². The summed E-state index contributed by atoms with van der Waals surface area (Å²) < 4.78 is 11.1. The van der Waals surface area contributed by atoms with Crippen LogP contribution in [0.5, 0.6) is 11.5 Å². The second kappa shape index (κ2) is 10.1. The first-order valence-corrected chi connectivity index (χ1v) is 12.0. The smallest absolute Gasteiger partial charge is 0.331 e. The number of benzene rings is 4. The van der Waals surface area contributed by atoms with Crippen LogP contribution in [0.2, 0.25) is 0 Å². The SMILES string of the molecule is COc1cc(NC(=O)N2c3ccccc3Sc3ccccc32)c(OC)cc1NC(=O)c1ccccc1. The molecule has 2 N–H and O–H groups in total. The topological polar surface area (TPSA) is 79.9 Å². The largest absolute Gasteiger partial charge is 0.494 e. The summed E-state index contributed by atoms with van der Waals surface area (Å²) in [4.78, 5) is 30.0. The second-order valence-corrected chi connectivity index (χ2v) is 8.96. The van der Waals surface area contributed by atoms with Crippen LogP contribution in [-0.4, -0.2) is 26.2 Å². The van der Waals surface area contributed by atoms with Gasteiger partial charge in [-0.3, -0.25) is 9.69 Å². The number of nitrogens with one attached hydrogen (secondary N) is 2. The van der Waals surface area contributed by atoms with Crippen LogP contribution >= 0.6 is 11.8 Å². The molecule has 7 nitrogen and oxygen atoms in total. The molecule has 0 saturated carbocycles. The van der Waals surface area contributed by atoms with E-state index in [-0.39, 0.29) is 11.9 Å². The number of hydrogen-bond donors (Lipinski definition) is 2. The Balaban J connectivity index is 1.47. The van der Waals surface area contributed by atoms with Crippen molar-refractivity contribution in [2.45, 2.75) is 9.79 Å². The third-order valence-electron chi connectivity index (χ3n) is 5.68. The van der Waals surface area contributed by atoms with Gasteiger partial charge in [0.25, 0.3) is 5.91 Å². The zero-order chi connectivity index (χ0) is 25.1. The number of nitrogens with zero attached hydrogens (tertiary/aromatic N) is 1. The Morgan fingerprint density at radius 2 is 1.19 bits per heavy atom. The molecular weight excluding hydrogens is 474 g/mol. The molecule has 3 amide bonds. The summed E-state index contributed by atoms with van der Waals surface area (Å²) in [5.41, 5.74) is 2.92. The zero-order valence-corrected chi connectivity index (χ0v) is 20.5. The summed E-state index contributed by atoms with van der Waals surface area (Å²) in [6.07, 6.45) is 0. The van der Waals surface area contributed by atoms with Crippen molar-refractivity contribution in [2.24, 2.45) is 0 Å². The molecule has 0 aliphatic carbocycles. The Labute approximate surface area is 213 Å². The van der Waals surface area contributed by atoms with Crippen LogP contribution in [0, 0.1) is 0 Å². The van der Waals surface area contributed by atoms with Gasteiger partial charge < -0.3 is 20.1 Å². The zero-order valence-electron chi connectivity index (χ0n) is 19.6. The summed E-state index contributed by atoms with van der Waals surface area (Å²) in [5, 5.41) is 5.81. The van der Waals surface area contributed by atoms with Crippen molar-refractivity contribution in [3.63, 3.8) is 0 Å². The van der Waals surface area contributed by atoms with Gasteiger partial charge in [-0.25, -0.2) is 4.79 Å². The van der Waals surface area contributed by atoms with Crippen molar-refractivity contribution in [1.82, 2.24) is 0 Å². The first-order chi connectivity index (χ1) is 17.6. The van der Waals surface area contributed by atoms with Crippen molar-refractivity contribution in [2.75, 3.05) is 29.8 Å². The minimum absolute atomic E-state index is 0.285. The van der Waals surface area contributed by atoms with Gasteiger partial charge in [-0.15, -0.1) is 0 Å². The highest BCUT2D eigenvalue weighted by Crippen LogP contribution is 2.48. The van der Waals surface area contributed by atoms with E-state index in [2.05, 4.69) is 10.6 Å². The van der Waals surface area contributed by atoms with Gasteiger partial charge in [0, 0.05) is 27.5 Å². The van der Waals surface area contributed by atoms with Crippen LogP contribution in [0.4, 0.5) is 27.5 Å². The number of amides is 3. The number of ether oxygens (including phenoxy) is 2. The maximum absolute atomic E-state index is 13.6. The van der Waals surface area contributed by atoms with E-state index < -0.39 is 0 Å². The molecule has 4 aromatic carbocycles. The van der Waals surface area contributed by atoms with E-state index in [1.165, 1.54) is 14.2 Å². The molecule has 0 fully saturated rings. The van der Waals surface area contributed by atoms with Crippen molar-refractivity contribution < 1.29 is 19.1 Å². The molecule has 0 radical (unpaired) electrons. The van der Waals surface area contributed by atoms with E-state index in [0.29, 0.717) is 28.4 Å². The molecule has 36 heavy (non-hydrogen) atoms. The highest BCUT2D eigenvalue weighted by atomic mass is 32.2. The molecule has 1 aliphatic heterocycles. The van der Waals surface area contributed by atoms with Crippen molar-refractivity contribution in [3.8, 4) is 11.5 Å². The number of hydrogen-bond acceptors (Lipinski definition) is 5. The van der Waals surface area contributed by atoms with Crippen LogP contribution in [-0.2, 0) is 0 Å². The fourth-order valence-electron chi connectivity index (χ4n) is 3.97. The van der Waals surface area contributed by atoms with Crippen LogP contribution in [0.25, 0.3) is 0 Å². The lowest BCUT2D eigenvalue weighted by Gasteiger charge is -2.31. The maximum Gasteiger partial charge on any atom is 0.331 e. The summed E-state index contributed by atoms with van der Waals surface area (Å²) >= 11 is 1.62. The third-order valence-corrected chi connectivity index (χ3v) is 6.81. The minimum Gasteiger partial charge on any atom is -0.494 e. The number of rotatable bonds is 5. The first kappa shape index (κ1) is 23.3. The Bertz CT molecular complexity index is 1400. The van der Waals surface area contributed by atoms with Gasteiger partial charge in [0.1, 0.15) is 11.5 Å². The highest BCUT2D eigenvalue weighted by Gasteiger charge is 2.29. The van der Waals surface area contributed by atoms with Crippen molar-refractivity contribution >= 4 is 46.4 Å². The lowest BCUT2D eigenvalue weighted by atomic mass is 10.2. The Morgan fingerprint density at radius 3 is 1.75 bits per heavy atom. The van der Waals surface area contributed by atoms with Gasteiger partial charge in [-0.2, -0.15) is 0 Å². The van der Waals surface area contributed by atoms with E-state index >= 15 is 0 Å². The summed E-state index contributed by atoms with van der Waals surface area (Å²) in [6, 6.07) is 27.3. The maximum atomic E-state index is 13.6. The number of anilines is 4. The molecule has 180 valence electrons. The number of carbonyl (C=O) groups is 2. The van der Waals surface area contributed by atoms with Crippen LogP contribution in [0.15, 0.2) is 101 Å². The predicted octanol–water partition coefficient (Wildman–Crippen LogP) is 6.79. The summed E-state index contributed by atoms with van der Waals surface area (Å²) in [5.74, 6) is 0.470. The quantitative estimate of drug-likeness (QED) is 0.317. The summed E-state index contributed by atoms with van der Waals surface area (Å²) in [6.45, 7) is 0. The molecule has 0 spiro atoms. The first-order valence-electron chi connectivity index (χ1n) is 11.2. The average molecular weight is 498 g/mol. The Morgan fingerprint density at radius 1 is 0.694 bits per heavy atom. The summed E-state index contributed by atoms with van der Waals surface area (Å²) in [7, 11) is 3.00. The highest BCUT2D eigenvalue weighted by molar-refractivity contribution is 7.99. The second-order valence-electron chi connectivity index (χ2n) is 7.88. The third kappa shape index (κ3) is 4.46. The number of fused-ring (bicyclic) bond motifs is 2. The van der Waals surface area contributed by atoms with Crippen LogP contribution in [0.1, 0.15) is 10.4 Å². The average Bonchev–Trinajstić information content (AvgIpc) is 2.92. The van der Waals surface area contributed by atoms with Crippen LogP contribution in [0.3, 0.4) is 0 Å². The number of carbonyl (C=O) groups excluding carboxylic acids is 2. The van der Waals surface area contributed by atoms with E-state index in [4.69, 9.17) is 9.47 Å². The Hall–Kier alpha value is -4.43. The molecule has 0 aromatic heterocycles. The molecule has 1 heterocycles. The molecule has 0 atom stereocenters. The monoisotopic (exact) mass is 497 g/mol. The Kier molecular flexibility index (Phi) is 6.51. The van der Waals surface area contributed by atoms with Gasteiger partial charge >= 0.3 is 6.03 Å². The van der Waals surface area contributed by atoms with Crippen LogP contribution < -0.4 is 25.0 Å². The van der Waals surface area contributed by atoms with Gasteiger partial charge in [0.15, 0.2) is 0 Å². The standard InChI is InChI=1S/C28H23N3O4S/c1-34-23-17-20(24(35-2)16-19(23)29-27(32)18-10-4-3-5-11-18)30-28(33)31-21-12-6-8-14-25(21)36-26-15-9-7-13-22(26)31/h3-17H,1-2H3,(H,29,32)(H,30,33). The minimum atomic E-state index is -0.350. The lowest BCUT2D eigenvalue weighted by Crippen LogP contribution is -2.32. The molecule has 0 saturated heterocycles. The predicted molar refractivity (Wildman–Crippen MR) is 142 cm³/mol. The molecule has 0 bridgehead atoms. The fraction of sp³-hybridized carbons (Fsp3) is 0.0714. The molecular formula is C28H23N3O4S. The number of para-hydroxylation sites is 2. The van der Waals surface area contributed by atoms with Gasteiger partial charge in [-0.1, -0.05) is 54.2 Å². The molecule has 1 aliphatic rings. The molecule has 0 unspecified atom stereocenters. The lowest BCUT2D eigenvalue weighted by molar-refractivity contribution is 0.102. The van der Waals surface area contributed by atoms with E-state index in [1.54, 1.807) is 53.1 Å². The molecule has 4 aromatic rings. The van der Waals surface area contributed by atoms with Gasteiger partial charge in [0.2, 0.25) is 0 Å². The van der Waals surface area contributed by atoms with E-state index in [0.717, 1.165) is 21.2 Å². The number of methoxy groups -OCH3 is 2. The molecule has 8 heteroatoms. The van der Waals surface area contributed by atoms with Crippen molar-refractivity contribution in [1.29, 1.82) is 0 Å². The number of urea groups is 1. The molecule has 5 rings (SSSR count). The normalized spacial score (nSPS) is 11.7. The van der Waals surface area contributed by atoms with E-state index in [1.807, 2.05) is 54.6 Å². The van der Waals surface area contributed by atoms with Crippen molar-refractivity contribution in [3.05, 3.63) is 96.6 Å². The van der Waals surface area contributed by atoms with Gasteiger partial charge in [-0.05, 0) is 36.4 Å². The van der Waals surface area contributed by atoms with E-state index in [9.17, 15) is 9.59 Å². The fourth-order valence-corrected chi connectivity index (χ4v) is 5.03.